The Balaban J connectivity index is 2.24. The summed E-state index contributed by atoms with van der Waals surface area (Å²) in [6.07, 6.45) is 0.0857. The number of amides is 2. The number of piperidine rings is 1. The van der Waals surface area contributed by atoms with Crippen LogP contribution in [0, 0.1) is 0 Å². The molecule has 10 heteroatoms. The van der Waals surface area contributed by atoms with E-state index < -0.39 is 44.3 Å². The van der Waals surface area contributed by atoms with Crippen LogP contribution in [0.3, 0.4) is 0 Å². The third kappa shape index (κ3) is 2.21. The number of hydrogen-bond acceptors (Lipinski definition) is 6. The van der Waals surface area contributed by atoms with Crippen LogP contribution in [0.25, 0.3) is 11.1 Å². The molecular weight excluding hydrogens is 319 g/mol. The quantitative estimate of drug-likeness (QED) is 0.623. The Bertz CT molecular complexity index is 958. The smallest absolute Gasteiger partial charge is 0.406 e. The number of imide groups is 1. The highest BCUT2D eigenvalue weighted by atomic mass is 32.3. The summed E-state index contributed by atoms with van der Waals surface area (Å²) in [4.78, 5) is 34.2. The third-order valence-electron chi connectivity index (χ3n) is 3.39. The molecule has 116 valence electrons. The molecule has 1 aliphatic rings. The number of carbonyl (C=O) groups excluding carboxylic acids is 2. The van der Waals surface area contributed by atoms with E-state index in [1.807, 2.05) is 0 Å². The van der Waals surface area contributed by atoms with E-state index in [0.717, 1.165) is 10.6 Å². The molecule has 1 aliphatic heterocycles. The van der Waals surface area contributed by atoms with Crippen molar-refractivity contribution in [3.05, 3.63) is 28.7 Å². The lowest BCUT2D eigenvalue weighted by atomic mass is 10.1. The van der Waals surface area contributed by atoms with Crippen LogP contribution in [0.2, 0.25) is 0 Å². The van der Waals surface area contributed by atoms with Gasteiger partial charge in [-0.05, 0) is 18.6 Å². The fourth-order valence-electron chi connectivity index (χ4n) is 2.45. The van der Waals surface area contributed by atoms with E-state index in [2.05, 4.69) is 5.32 Å². The van der Waals surface area contributed by atoms with Gasteiger partial charge >= 0.3 is 16.0 Å². The van der Waals surface area contributed by atoms with Gasteiger partial charge < -0.3 is 4.42 Å². The molecule has 0 bridgehead atoms. The molecule has 1 aromatic carbocycles. The van der Waals surface area contributed by atoms with E-state index >= 15 is 0 Å². The highest BCUT2D eigenvalue weighted by Gasteiger charge is 2.32. The minimum atomic E-state index is -5.09. The van der Waals surface area contributed by atoms with Gasteiger partial charge in [0.1, 0.15) is 10.9 Å². The van der Waals surface area contributed by atoms with Gasteiger partial charge in [0.05, 0.1) is 5.52 Å². The van der Waals surface area contributed by atoms with Gasteiger partial charge in [-0.3, -0.25) is 19.5 Å². The van der Waals surface area contributed by atoms with Crippen molar-refractivity contribution in [2.45, 2.75) is 23.8 Å². The number of fused-ring (bicyclic) bond motifs is 1. The lowest BCUT2D eigenvalue weighted by Crippen LogP contribution is -2.43. The first-order valence-corrected chi connectivity index (χ1v) is 7.60. The molecule has 0 spiro atoms. The van der Waals surface area contributed by atoms with Crippen LogP contribution in [0.4, 0.5) is 3.89 Å². The third-order valence-corrected chi connectivity index (χ3v) is 4.24. The lowest BCUT2D eigenvalue weighted by molar-refractivity contribution is -0.135. The number of nitrogens with zero attached hydrogens (tertiary/aromatic N) is 1. The minimum absolute atomic E-state index is 0.0244. The van der Waals surface area contributed by atoms with Gasteiger partial charge in [0.15, 0.2) is 5.58 Å². The number of hydrogen-bond donors (Lipinski definition) is 1. The predicted molar refractivity (Wildman–Crippen MR) is 70.2 cm³/mol. The predicted octanol–water partition coefficient (Wildman–Crippen LogP) is 0.230. The van der Waals surface area contributed by atoms with Crippen LogP contribution in [0.5, 0.6) is 0 Å². The summed E-state index contributed by atoms with van der Waals surface area (Å²) in [6, 6.07) is 2.49. The highest BCUT2D eigenvalue weighted by molar-refractivity contribution is 7.86. The van der Waals surface area contributed by atoms with E-state index in [1.54, 1.807) is 0 Å². The number of carbonyl (C=O) groups is 2. The van der Waals surface area contributed by atoms with Crippen molar-refractivity contribution < 1.29 is 26.3 Å². The Kier molecular flexibility index (Phi) is 3.13. The Morgan fingerprint density at radius 2 is 2.00 bits per heavy atom. The van der Waals surface area contributed by atoms with Crippen LogP contribution in [0.1, 0.15) is 18.9 Å². The van der Waals surface area contributed by atoms with Gasteiger partial charge in [-0.1, -0.05) is 6.07 Å². The van der Waals surface area contributed by atoms with E-state index in [1.165, 1.54) is 12.1 Å². The van der Waals surface area contributed by atoms with Crippen LogP contribution in [-0.2, 0) is 19.8 Å². The Labute approximate surface area is 122 Å². The number of para-hydroxylation sites is 1. The van der Waals surface area contributed by atoms with Crippen molar-refractivity contribution in [2.75, 3.05) is 0 Å². The van der Waals surface area contributed by atoms with Crippen molar-refractivity contribution >= 4 is 33.1 Å². The molecule has 1 fully saturated rings. The summed E-state index contributed by atoms with van der Waals surface area (Å²) in [7, 11) is -5.09. The molecule has 22 heavy (non-hydrogen) atoms. The monoisotopic (exact) mass is 328 g/mol. The summed E-state index contributed by atoms with van der Waals surface area (Å²) >= 11 is 0. The number of nitrogens with one attached hydrogen (secondary N) is 1. The van der Waals surface area contributed by atoms with Crippen molar-refractivity contribution in [2.24, 2.45) is 0 Å². The maximum atomic E-state index is 13.2. The second kappa shape index (κ2) is 4.77. The van der Waals surface area contributed by atoms with Crippen molar-refractivity contribution in [3.8, 4) is 0 Å². The first-order chi connectivity index (χ1) is 10.3. The molecule has 0 aliphatic carbocycles. The van der Waals surface area contributed by atoms with E-state index in [0.29, 0.717) is 0 Å². The van der Waals surface area contributed by atoms with Crippen molar-refractivity contribution in [1.29, 1.82) is 0 Å². The first kappa shape index (κ1) is 14.4. The van der Waals surface area contributed by atoms with Gasteiger partial charge in [-0.2, -0.15) is 8.42 Å². The SMILES string of the molecule is O=C1CCC(n2c(=O)oc3c(S(=O)(=O)F)cccc32)C(=O)N1. The minimum Gasteiger partial charge on any atom is -0.406 e. The average Bonchev–Trinajstić information content (AvgIpc) is 2.74. The van der Waals surface area contributed by atoms with E-state index in [9.17, 15) is 26.7 Å². The molecule has 8 nitrogen and oxygen atoms in total. The molecule has 3 rings (SSSR count). The summed E-state index contributed by atoms with van der Waals surface area (Å²) in [5, 5.41) is 2.08. The van der Waals surface area contributed by atoms with Gasteiger partial charge in [-0.15, -0.1) is 3.89 Å². The second-order valence-electron chi connectivity index (χ2n) is 4.75. The van der Waals surface area contributed by atoms with E-state index in [4.69, 9.17) is 4.42 Å². The van der Waals surface area contributed by atoms with Crippen LogP contribution in [0.15, 0.2) is 32.3 Å². The van der Waals surface area contributed by atoms with Gasteiger partial charge in [0, 0.05) is 6.42 Å². The molecule has 2 aromatic rings. The molecule has 1 N–H and O–H groups in total. The fourth-order valence-corrected chi connectivity index (χ4v) is 3.06. The van der Waals surface area contributed by atoms with Crippen LogP contribution in [-0.4, -0.2) is 24.8 Å². The molecule has 1 atom stereocenters. The van der Waals surface area contributed by atoms with Gasteiger partial charge in [0.2, 0.25) is 11.8 Å². The maximum Gasteiger partial charge on any atom is 0.420 e. The number of oxazole rings is 1. The van der Waals surface area contributed by atoms with E-state index in [-0.39, 0.29) is 18.4 Å². The standard InChI is InChI=1S/C12H9FN2O6S/c13-22(19,20)8-3-1-2-6-10(8)21-12(18)15(6)7-4-5-9(16)14-11(7)17/h1-3,7H,4-5H2,(H,14,16,17). The molecule has 2 amide bonds. The normalized spacial score (nSPS) is 19.4. The van der Waals surface area contributed by atoms with Crippen molar-refractivity contribution in [3.63, 3.8) is 0 Å². The number of aromatic nitrogens is 1. The molecule has 0 saturated carbocycles. The molecule has 1 aromatic heterocycles. The van der Waals surface area contributed by atoms with Gasteiger partial charge in [-0.25, -0.2) is 4.79 Å². The van der Waals surface area contributed by atoms with Gasteiger partial charge in [0.25, 0.3) is 0 Å². The summed E-state index contributed by atoms with van der Waals surface area (Å²) in [5.41, 5.74) is -0.488. The first-order valence-electron chi connectivity index (χ1n) is 6.21. The summed E-state index contributed by atoms with van der Waals surface area (Å²) < 4.78 is 41.1. The molecule has 1 saturated heterocycles. The van der Waals surface area contributed by atoms with Crippen molar-refractivity contribution in [1.82, 2.24) is 9.88 Å². The number of rotatable bonds is 2. The van der Waals surface area contributed by atoms with Crippen LogP contribution < -0.4 is 11.1 Å². The molecule has 0 radical (unpaired) electrons. The number of benzene rings is 1. The summed E-state index contributed by atoms with van der Waals surface area (Å²) in [6.45, 7) is 0. The average molecular weight is 328 g/mol. The second-order valence-corrected chi connectivity index (χ2v) is 6.06. The number of halogens is 1. The molecular formula is C12H9FN2O6S. The Hall–Kier alpha value is -2.49. The van der Waals surface area contributed by atoms with Crippen LogP contribution >= 0.6 is 0 Å². The topological polar surface area (TPSA) is 115 Å². The highest BCUT2D eigenvalue weighted by Crippen LogP contribution is 2.27. The summed E-state index contributed by atoms with van der Waals surface area (Å²) in [5.74, 6) is -2.16. The maximum absolute atomic E-state index is 13.2. The molecule has 1 unspecified atom stereocenters. The Morgan fingerprint density at radius 3 is 2.64 bits per heavy atom. The zero-order chi connectivity index (χ0) is 16.1. The Morgan fingerprint density at radius 1 is 1.27 bits per heavy atom. The molecule has 2 heterocycles. The zero-order valence-electron chi connectivity index (χ0n) is 10.9. The largest absolute Gasteiger partial charge is 0.420 e. The lowest BCUT2D eigenvalue weighted by Gasteiger charge is -2.21. The zero-order valence-corrected chi connectivity index (χ0v) is 11.7. The fraction of sp³-hybridized carbons (Fsp3) is 0.250.